The smallest absolute Gasteiger partial charge is 0.00728 e. The van der Waals surface area contributed by atoms with Crippen LogP contribution >= 0.6 is 17.0 Å². The van der Waals surface area contributed by atoms with Crippen molar-refractivity contribution >= 4 is 17.0 Å². The van der Waals surface area contributed by atoms with Crippen molar-refractivity contribution < 1.29 is 0 Å². The van der Waals surface area contributed by atoms with Gasteiger partial charge in [0.25, 0.3) is 0 Å². The van der Waals surface area contributed by atoms with Crippen LogP contribution in [0, 0.1) is 0 Å². The van der Waals surface area contributed by atoms with Crippen molar-refractivity contribution in [3.63, 3.8) is 0 Å². The summed E-state index contributed by atoms with van der Waals surface area (Å²) in [6.07, 6.45) is 1.09. The van der Waals surface area contributed by atoms with E-state index in [0.29, 0.717) is 6.04 Å². The molecular formula is C6H17BrN2. The molecule has 2 nitrogen and oxygen atoms in total. The molecular weight excluding hydrogens is 180 g/mol. The molecule has 0 heterocycles. The van der Waals surface area contributed by atoms with Gasteiger partial charge in [-0.15, -0.1) is 17.0 Å². The largest absolute Gasteiger partial charge is 0.330 e. The lowest BCUT2D eigenvalue weighted by Gasteiger charge is -2.17. The lowest BCUT2D eigenvalue weighted by Crippen LogP contribution is -2.26. The Morgan fingerprint density at radius 3 is 2.00 bits per heavy atom. The zero-order valence-corrected chi connectivity index (χ0v) is 8.14. The minimum Gasteiger partial charge on any atom is -0.330 e. The van der Waals surface area contributed by atoms with Crippen LogP contribution in [0.3, 0.4) is 0 Å². The van der Waals surface area contributed by atoms with Gasteiger partial charge in [0.2, 0.25) is 0 Å². The van der Waals surface area contributed by atoms with Crippen LogP contribution in [0.2, 0.25) is 0 Å². The molecule has 0 saturated carbocycles. The average molecular weight is 197 g/mol. The first-order valence-electron chi connectivity index (χ1n) is 3.05. The Bertz CT molecular complexity index is 57.0. The zero-order chi connectivity index (χ0) is 6.57. The number of hydrogen-bond donors (Lipinski definition) is 1. The Balaban J connectivity index is 0. The van der Waals surface area contributed by atoms with Crippen LogP contribution in [0.5, 0.6) is 0 Å². The maximum absolute atomic E-state index is 5.34. The van der Waals surface area contributed by atoms with Crippen molar-refractivity contribution in [2.45, 2.75) is 19.4 Å². The summed E-state index contributed by atoms with van der Waals surface area (Å²) in [5, 5.41) is 0. The van der Waals surface area contributed by atoms with Crippen LogP contribution < -0.4 is 5.73 Å². The molecule has 58 valence electrons. The lowest BCUT2D eigenvalue weighted by molar-refractivity contribution is 0.302. The molecule has 9 heavy (non-hydrogen) atoms. The molecule has 0 aromatic heterocycles. The van der Waals surface area contributed by atoms with Gasteiger partial charge in [0.05, 0.1) is 0 Å². The second-order valence-corrected chi connectivity index (χ2v) is 2.39. The van der Waals surface area contributed by atoms with Gasteiger partial charge in [-0.1, -0.05) is 0 Å². The number of halogens is 1. The summed E-state index contributed by atoms with van der Waals surface area (Å²) in [5.41, 5.74) is 5.34. The van der Waals surface area contributed by atoms with E-state index >= 15 is 0 Å². The third kappa shape index (κ3) is 6.28. The fourth-order valence-corrected chi connectivity index (χ4v) is 0.499. The highest BCUT2D eigenvalue weighted by molar-refractivity contribution is 8.93. The van der Waals surface area contributed by atoms with Gasteiger partial charge in [0.1, 0.15) is 0 Å². The average Bonchev–Trinajstić information content (AvgIpc) is 1.67. The molecule has 0 amide bonds. The first-order valence-corrected chi connectivity index (χ1v) is 3.05. The first-order chi connectivity index (χ1) is 3.68. The SMILES string of the molecule is Br.CC(CCN)N(C)C. The van der Waals surface area contributed by atoms with Crippen molar-refractivity contribution in [3.05, 3.63) is 0 Å². The Morgan fingerprint density at radius 1 is 1.44 bits per heavy atom. The normalized spacial score (nSPS) is 13.0. The van der Waals surface area contributed by atoms with Crippen LogP contribution in [0.25, 0.3) is 0 Å². The molecule has 3 heteroatoms. The standard InChI is InChI=1S/C6H16N2.BrH/c1-6(4-5-7)8(2)3;/h6H,4-5,7H2,1-3H3;1H. The molecule has 2 N–H and O–H groups in total. The summed E-state index contributed by atoms with van der Waals surface area (Å²) in [6.45, 7) is 2.96. The molecule has 0 aliphatic rings. The number of nitrogens with zero attached hydrogens (tertiary/aromatic N) is 1. The first kappa shape index (κ1) is 12.1. The van der Waals surface area contributed by atoms with E-state index in [9.17, 15) is 0 Å². The Labute approximate surface area is 68.2 Å². The third-order valence-electron chi connectivity index (χ3n) is 1.47. The predicted octanol–water partition coefficient (Wildman–Crippen LogP) is 0.863. The van der Waals surface area contributed by atoms with Crippen LogP contribution in [0.1, 0.15) is 13.3 Å². The maximum atomic E-state index is 5.34. The van der Waals surface area contributed by atoms with E-state index in [2.05, 4.69) is 25.9 Å². The topological polar surface area (TPSA) is 29.3 Å². The van der Waals surface area contributed by atoms with E-state index in [4.69, 9.17) is 5.73 Å². The van der Waals surface area contributed by atoms with Gasteiger partial charge in [-0.3, -0.25) is 0 Å². The molecule has 1 atom stereocenters. The highest BCUT2D eigenvalue weighted by atomic mass is 79.9. The minimum absolute atomic E-state index is 0. The molecule has 0 bridgehead atoms. The molecule has 0 radical (unpaired) electrons. The molecule has 0 fully saturated rings. The summed E-state index contributed by atoms with van der Waals surface area (Å²) in [7, 11) is 4.14. The van der Waals surface area contributed by atoms with E-state index in [0.717, 1.165) is 13.0 Å². The lowest BCUT2D eigenvalue weighted by atomic mass is 10.2. The van der Waals surface area contributed by atoms with E-state index in [1.165, 1.54) is 0 Å². The van der Waals surface area contributed by atoms with Crippen LogP contribution in [0.15, 0.2) is 0 Å². The summed E-state index contributed by atoms with van der Waals surface area (Å²) in [6, 6.07) is 0.625. The van der Waals surface area contributed by atoms with Gasteiger partial charge in [0.15, 0.2) is 0 Å². The summed E-state index contributed by atoms with van der Waals surface area (Å²) in [5.74, 6) is 0. The van der Waals surface area contributed by atoms with Gasteiger partial charge in [-0.2, -0.15) is 0 Å². The number of hydrogen-bond acceptors (Lipinski definition) is 2. The minimum atomic E-state index is 0. The Hall–Kier alpha value is 0.400. The van der Waals surface area contributed by atoms with Crippen molar-refractivity contribution in [2.75, 3.05) is 20.6 Å². The zero-order valence-electron chi connectivity index (χ0n) is 6.42. The van der Waals surface area contributed by atoms with Crippen LogP contribution in [-0.2, 0) is 0 Å². The highest BCUT2D eigenvalue weighted by Gasteiger charge is 2.00. The molecule has 0 aliphatic carbocycles. The molecule has 0 rings (SSSR count). The molecule has 1 unspecified atom stereocenters. The van der Waals surface area contributed by atoms with Gasteiger partial charge < -0.3 is 10.6 Å². The molecule has 0 spiro atoms. The van der Waals surface area contributed by atoms with E-state index in [-0.39, 0.29) is 17.0 Å². The molecule has 0 saturated heterocycles. The molecule has 0 aromatic carbocycles. The third-order valence-corrected chi connectivity index (χ3v) is 1.47. The van der Waals surface area contributed by atoms with Crippen molar-refractivity contribution in [1.29, 1.82) is 0 Å². The maximum Gasteiger partial charge on any atom is 0.00728 e. The summed E-state index contributed by atoms with van der Waals surface area (Å²) in [4.78, 5) is 2.17. The predicted molar refractivity (Wildman–Crippen MR) is 47.1 cm³/mol. The van der Waals surface area contributed by atoms with Crippen LogP contribution in [-0.4, -0.2) is 31.6 Å². The monoisotopic (exact) mass is 196 g/mol. The van der Waals surface area contributed by atoms with Gasteiger partial charge in [-0.25, -0.2) is 0 Å². The second kappa shape index (κ2) is 6.52. The van der Waals surface area contributed by atoms with Gasteiger partial charge in [-0.05, 0) is 34.0 Å². The van der Waals surface area contributed by atoms with Crippen molar-refractivity contribution in [1.82, 2.24) is 4.90 Å². The van der Waals surface area contributed by atoms with E-state index < -0.39 is 0 Å². The van der Waals surface area contributed by atoms with Crippen molar-refractivity contribution in [3.8, 4) is 0 Å². The van der Waals surface area contributed by atoms with Gasteiger partial charge in [0, 0.05) is 6.04 Å². The second-order valence-electron chi connectivity index (χ2n) is 2.39. The van der Waals surface area contributed by atoms with Crippen LogP contribution in [0.4, 0.5) is 0 Å². The number of nitrogens with two attached hydrogens (primary N) is 1. The Kier molecular flexibility index (Phi) is 8.77. The van der Waals surface area contributed by atoms with Gasteiger partial charge >= 0.3 is 0 Å². The van der Waals surface area contributed by atoms with Crippen molar-refractivity contribution in [2.24, 2.45) is 5.73 Å². The van der Waals surface area contributed by atoms with E-state index in [1.54, 1.807) is 0 Å². The fraction of sp³-hybridized carbons (Fsp3) is 1.00. The summed E-state index contributed by atoms with van der Waals surface area (Å²) < 4.78 is 0. The number of rotatable bonds is 3. The van der Waals surface area contributed by atoms with E-state index in [1.807, 2.05) is 0 Å². The Morgan fingerprint density at radius 2 is 1.89 bits per heavy atom. The summed E-state index contributed by atoms with van der Waals surface area (Å²) >= 11 is 0. The highest BCUT2D eigenvalue weighted by Crippen LogP contribution is 1.93. The fourth-order valence-electron chi connectivity index (χ4n) is 0.499. The molecule has 0 aromatic rings. The quantitative estimate of drug-likeness (QED) is 0.727. The molecule has 0 aliphatic heterocycles.